The second-order valence-corrected chi connectivity index (χ2v) is 12.3. The standard InChI is InChI=1S/C33H39N3O5/c1-32(2,3)24-12-14-25(15-13-24)34-29(38)26-20-23(22-10-8-7-9-11-22)21-27(37)28(26)30(39)35-16-18-36(19-17-35)31(40)41-33(4,5)6/h7-15,20-21,37H,16-19H2,1-6H3,(H,34,38). The minimum Gasteiger partial charge on any atom is -0.507 e. The monoisotopic (exact) mass is 557 g/mol. The topological polar surface area (TPSA) is 99.2 Å². The van der Waals surface area contributed by atoms with Gasteiger partial charge in [0.25, 0.3) is 11.8 Å². The molecule has 0 spiro atoms. The molecule has 8 heteroatoms. The molecule has 0 saturated carbocycles. The fraction of sp³-hybridized carbons (Fsp3) is 0.364. The van der Waals surface area contributed by atoms with E-state index in [-0.39, 0.29) is 48.5 Å². The highest BCUT2D eigenvalue weighted by atomic mass is 16.6. The molecule has 0 radical (unpaired) electrons. The second-order valence-electron chi connectivity index (χ2n) is 12.3. The van der Waals surface area contributed by atoms with E-state index >= 15 is 0 Å². The highest BCUT2D eigenvalue weighted by Crippen LogP contribution is 2.32. The van der Waals surface area contributed by atoms with E-state index in [1.54, 1.807) is 36.6 Å². The van der Waals surface area contributed by atoms with Crippen molar-refractivity contribution < 1.29 is 24.2 Å². The number of aromatic hydroxyl groups is 1. The molecule has 4 rings (SSSR count). The van der Waals surface area contributed by atoms with Gasteiger partial charge >= 0.3 is 6.09 Å². The van der Waals surface area contributed by atoms with Crippen molar-refractivity contribution in [2.45, 2.75) is 52.6 Å². The van der Waals surface area contributed by atoms with Gasteiger partial charge in [0.15, 0.2) is 0 Å². The van der Waals surface area contributed by atoms with E-state index in [0.29, 0.717) is 11.3 Å². The van der Waals surface area contributed by atoms with Gasteiger partial charge in [0.05, 0.1) is 11.1 Å². The number of rotatable bonds is 4. The van der Waals surface area contributed by atoms with Crippen LogP contribution >= 0.6 is 0 Å². The summed E-state index contributed by atoms with van der Waals surface area (Å²) < 4.78 is 5.46. The summed E-state index contributed by atoms with van der Waals surface area (Å²) in [5.41, 5.74) is 2.47. The first kappa shape index (κ1) is 29.6. The number of anilines is 1. The van der Waals surface area contributed by atoms with Crippen LogP contribution in [0.15, 0.2) is 66.7 Å². The molecule has 1 aliphatic rings. The number of hydrogen-bond donors (Lipinski definition) is 2. The lowest BCUT2D eigenvalue weighted by atomic mass is 9.87. The molecule has 1 saturated heterocycles. The summed E-state index contributed by atoms with van der Waals surface area (Å²) in [6.07, 6.45) is -0.433. The number of nitrogens with zero attached hydrogens (tertiary/aromatic N) is 2. The van der Waals surface area contributed by atoms with Crippen LogP contribution in [0.5, 0.6) is 5.75 Å². The number of nitrogens with one attached hydrogen (secondary N) is 1. The summed E-state index contributed by atoms with van der Waals surface area (Å²) in [6, 6.07) is 20.1. The van der Waals surface area contributed by atoms with Gasteiger partial charge < -0.3 is 25.0 Å². The molecular weight excluding hydrogens is 518 g/mol. The molecule has 41 heavy (non-hydrogen) atoms. The van der Waals surface area contributed by atoms with E-state index in [0.717, 1.165) is 11.1 Å². The van der Waals surface area contributed by atoms with Gasteiger partial charge in [-0.05, 0) is 67.1 Å². The van der Waals surface area contributed by atoms with Crippen molar-refractivity contribution in [3.05, 3.63) is 83.4 Å². The van der Waals surface area contributed by atoms with Gasteiger partial charge in [0.1, 0.15) is 11.4 Å². The molecule has 0 bridgehead atoms. The van der Waals surface area contributed by atoms with Gasteiger partial charge in [0, 0.05) is 31.9 Å². The average molecular weight is 558 g/mol. The lowest BCUT2D eigenvalue weighted by molar-refractivity contribution is 0.0140. The average Bonchev–Trinajstić information content (AvgIpc) is 2.91. The lowest BCUT2D eigenvalue weighted by Crippen LogP contribution is -2.51. The second kappa shape index (κ2) is 11.6. The molecule has 1 aliphatic heterocycles. The van der Waals surface area contributed by atoms with E-state index in [2.05, 4.69) is 26.1 Å². The Morgan fingerprint density at radius 3 is 1.93 bits per heavy atom. The van der Waals surface area contributed by atoms with E-state index in [4.69, 9.17) is 4.74 Å². The van der Waals surface area contributed by atoms with Crippen molar-refractivity contribution in [3.63, 3.8) is 0 Å². The molecule has 0 aliphatic carbocycles. The lowest BCUT2D eigenvalue weighted by Gasteiger charge is -2.36. The van der Waals surface area contributed by atoms with E-state index < -0.39 is 23.5 Å². The zero-order valence-corrected chi connectivity index (χ0v) is 24.7. The Kier molecular flexibility index (Phi) is 8.42. The zero-order valence-electron chi connectivity index (χ0n) is 24.7. The summed E-state index contributed by atoms with van der Waals surface area (Å²) in [6.45, 7) is 12.8. The van der Waals surface area contributed by atoms with Crippen LogP contribution < -0.4 is 5.32 Å². The molecule has 1 heterocycles. The third-order valence-electron chi connectivity index (χ3n) is 6.91. The molecule has 3 aromatic carbocycles. The molecule has 3 aromatic rings. The van der Waals surface area contributed by atoms with Crippen LogP contribution in [-0.4, -0.2) is 64.6 Å². The van der Waals surface area contributed by atoms with Gasteiger partial charge in [-0.25, -0.2) is 4.79 Å². The van der Waals surface area contributed by atoms with Crippen LogP contribution in [0.2, 0.25) is 0 Å². The third kappa shape index (κ3) is 7.25. The number of phenolic OH excluding ortho intramolecular Hbond substituents is 1. The fourth-order valence-corrected chi connectivity index (χ4v) is 4.66. The smallest absolute Gasteiger partial charge is 0.410 e. The Morgan fingerprint density at radius 2 is 1.37 bits per heavy atom. The maximum Gasteiger partial charge on any atom is 0.410 e. The molecule has 3 amide bonds. The Bertz CT molecular complexity index is 1410. The summed E-state index contributed by atoms with van der Waals surface area (Å²) >= 11 is 0. The number of carbonyl (C=O) groups is 3. The van der Waals surface area contributed by atoms with E-state index in [1.165, 1.54) is 6.07 Å². The summed E-state index contributed by atoms with van der Waals surface area (Å²) in [5, 5.41) is 14.0. The van der Waals surface area contributed by atoms with Crippen molar-refractivity contribution in [2.24, 2.45) is 0 Å². The minimum absolute atomic E-state index is 0.0363. The first-order chi connectivity index (χ1) is 19.2. The number of piperazine rings is 1. The number of carbonyl (C=O) groups excluding carboxylic acids is 3. The SMILES string of the molecule is CC(C)(C)OC(=O)N1CCN(C(=O)c2c(O)cc(-c3ccccc3)cc2C(=O)Nc2ccc(C(C)(C)C)cc2)CC1. The van der Waals surface area contributed by atoms with Crippen LogP contribution in [0.3, 0.4) is 0 Å². The minimum atomic E-state index is -0.619. The predicted molar refractivity (Wildman–Crippen MR) is 160 cm³/mol. The number of hydrogen-bond acceptors (Lipinski definition) is 5. The van der Waals surface area contributed by atoms with Crippen molar-refractivity contribution in [3.8, 4) is 16.9 Å². The molecule has 0 atom stereocenters. The Labute approximate surface area is 241 Å². The van der Waals surface area contributed by atoms with Gasteiger partial charge in [-0.1, -0.05) is 63.2 Å². The van der Waals surface area contributed by atoms with Gasteiger partial charge in [0.2, 0.25) is 0 Å². The van der Waals surface area contributed by atoms with Crippen molar-refractivity contribution in [2.75, 3.05) is 31.5 Å². The van der Waals surface area contributed by atoms with Crippen LogP contribution in [0.25, 0.3) is 11.1 Å². The van der Waals surface area contributed by atoms with E-state index in [9.17, 15) is 19.5 Å². The fourth-order valence-electron chi connectivity index (χ4n) is 4.66. The number of amides is 3. The first-order valence-electron chi connectivity index (χ1n) is 13.8. The molecule has 8 nitrogen and oxygen atoms in total. The summed E-state index contributed by atoms with van der Waals surface area (Å²) in [4.78, 5) is 43.0. The van der Waals surface area contributed by atoms with Crippen LogP contribution in [0.4, 0.5) is 10.5 Å². The van der Waals surface area contributed by atoms with Crippen LogP contribution in [-0.2, 0) is 10.2 Å². The van der Waals surface area contributed by atoms with E-state index in [1.807, 2.05) is 54.6 Å². The molecule has 0 aromatic heterocycles. The normalized spacial score (nSPS) is 14.0. The van der Waals surface area contributed by atoms with Gasteiger partial charge in [-0.15, -0.1) is 0 Å². The summed E-state index contributed by atoms with van der Waals surface area (Å²) in [7, 11) is 0. The highest BCUT2D eigenvalue weighted by molar-refractivity contribution is 6.14. The zero-order chi connectivity index (χ0) is 29.9. The van der Waals surface area contributed by atoms with Crippen LogP contribution in [0, 0.1) is 0 Å². The van der Waals surface area contributed by atoms with Gasteiger partial charge in [-0.3, -0.25) is 9.59 Å². The van der Waals surface area contributed by atoms with Crippen molar-refractivity contribution >= 4 is 23.6 Å². The maximum absolute atomic E-state index is 13.8. The molecule has 1 fully saturated rings. The number of ether oxygens (including phenoxy) is 1. The molecule has 216 valence electrons. The maximum atomic E-state index is 13.8. The molecule has 2 N–H and O–H groups in total. The van der Waals surface area contributed by atoms with Crippen molar-refractivity contribution in [1.82, 2.24) is 9.80 Å². The Balaban J connectivity index is 1.62. The Morgan fingerprint density at radius 1 is 0.780 bits per heavy atom. The largest absolute Gasteiger partial charge is 0.507 e. The molecule has 0 unspecified atom stereocenters. The highest BCUT2D eigenvalue weighted by Gasteiger charge is 2.31. The predicted octanol–water partition coefficient (Wildman–Crippen LogP) is 6.30. The number of benzene rings is 3. The van der Waals surface area contributed by atoms with Gasteiger partial charge in [-0.2, -0.15) is 0 Å². The summed E-state index contributed by atoms with van der Waals surface area (Å²) in [5.74, 6) is -1.25. The van der Waals surface area contributed by atoms with Crippen molar-refractivity contribution in [1.29, 1.82) is 0 Å². The third-order valence-corrected chi connectivity index (χ3v) is 6.91. The van der Waals surface area contributed by atoms with Crippen LogP contribution in [0.1, 0.15) is 67.8 Å². The Hall–Kier alpha value is -4.33. The number of phenols is 1. The quantitative estimate of drug-likeness (QED) is 0.392. The molecular formula is C33H39N3O5. The first-order valence-corrected chi connectivity index (χ1v) is 13.8.